The van der Waals surface area contributed by atoms with Gasteiger partial charge in [-0.1, -0.05) is 45.9 Å². The zero-order chi connectivity index (χ0) is 16.3. The van der Waals surface area contributed by atoms with E-state index in [1.807, 2.05) is 45.9 Å². The minimum absolute atomic E-state index is 0.173. The number of hydrogen-bond donors (Lipinski definition) is 3. The normalized spacial score (nSPS) is 27.6. The third-order valence-corrected chi connectivity index (χ3v) is 2.73. The van der Waals surface area contributed by atoms with Crippen molar-refractivity contribution in [1.82, 2.24) is 0 Å². The van der Waals surface area contributed by atoms with E-state index in [4.69, 9.17) is 14.6 Å². The summed E-state index contributed by atoms with van der Waals surface area (Å²) in [6, 6.07) is 9.06. The van der Waals surface area contributed by atoms with Crippen molar-refractivity contribution in [3.8, 4) is 5.75 Å². The van der Waals surface area contributed by atoms with E-state index in [-0.39, 0.29) is 13.0 Å². The maximum Gasteiger partial charge on any atom is 0.202 e. The van der Waals surface area contributed by atoms with Crippen LogP contribution in [-0.4, -0.2) is 46.5 Å². The fourth-order valence-electron chi connectivity index (χ4n) is 1.79. The Morgan fingerprint density at radius 3 is 2.19 bits per heavy atom. The highest BCUT2D eigenvalue weighted by Gasteiger charge is 2.37. The van der Waals surface area contributed by atoms with Gasteiger partial charge in [-0.25, -0.2) is 0 Å². The van der Waals surface area contributed by atoms with Crippen LogP contribution in [0, 0.1) is 0 Å². The van der Waals surface area contributed by atoms with Gasteiger partial charge in [0.05, 0.1) is 12.7 Å². The first-order valence-electron chi connectivity index (χ1n) is 7.55. The van der Waals surface area contributed by atoms with Crippen molar-refractivity contribution >= 4 is 0 Å². The summed E-state index contributed by atoms with van der Waals surface area (Å²) in [5.41, 5.74) is 0. The Balaban J connectivity index is 0.000000921. The first-order valence-corrected chi connectivity index (χ1v) is 7.55. The molecule has 1 aliphatic rings. The SMILES string of the molecule is CC.CC.OCC1OC(Oc2ccccc2)CC(O)C1O. The first kappa shape index (κ1) is 19.9. The summed E-state index contributed by atoms with van der Waals surface area (Å²) in [5.74, 6) is 0.623. The second-order valence-corrected chi connectivity index (χ2v) is 4.01. The monoisotopic (exact) mass is 300 g/mol. The first-order chi connectivity index (χ1) is 10.2. The summed E-state index contributed by atoms with van der Waals surface area (Å²) in [6.07, 6.45) is -3.32. The highest BCUT2D eigenvalue weighted by atomic mass is 16.7. The smallest absolute Gasteiger partial charge is 0.202 e. The van der Waals surface area contributed by atoms with Crippen LogP contribution in [0.15, 0.2) is 30.3 Å². The number of hydrogen-bond acceptors (Lipinski definition) is 5. The molecule has 0 aliphatic carbocycles. The predicted octanol–water partition coefficient (Wildman–Crippen LogP) is 1.95. The molecule has 0 aromatic heterocycles. The predicted molar refractivity (Wildman–Crippen MR) is 82.1 cm³/mol. The van der Waals surface area contributed by atoms with Crippen molar-refractivity contribution in [2.75, 3.05) is 6.61 Å². The fourth-order valence-corrected chi connectivity index (χ4v) is 1.79. The molecule has 1 aromatic rings. The van der Waals surface area contributed by atoms with Crippen LogP contribution in [0.5, 0.6) is 5.75 Å². The molecule has 3 N–H and O–H groups in total. The Morgan fingerprint density at radius 2 is 1.67 bits per heavy atom. The van der Waals surface area contributed by atoms with Gasteiger partial charge in [0.1, 0.15) is 18.0 Å². The van der Waals surface area contributed by atoms with Gasteiger partial charge in [-0.3, -0.25) is 0 Å². The zero-order valence-corrected chi connectivity index (χ0v) is 13.3. The van der Waals surface area contributed by atoms with E-state index in [0.717, 1.165) is 0 Å². The van der Waals surface area contributed by atoms with Crippen LogP contribution in [0.25, 0.3) is 0 Å². The van der Waals surface area contributed by atoms with Gasteiger partial charge in [0.25, 0.3) is 0 Å². The lowest BCUT2D eigenvalue weighted by molar-refractivity contribution is -0.229. The largest absolute Gasteiger partial charge is 0.465 e. The van der Waals surface area contributed by atoms with Crippen LogP contribution in [0.3, 0.4) is 0 Å². The van der Waals surface area contributed by atoms with Gasteiger partial charge in [-0.15, -0.1) is 0 Å². The van der Waals surface area contributed by atoms with Gasteiger partial charge in [0, 0.05) is 6.42 Å². The molecule has 1 aromatic carbocycles. The summed E-state index contributed by atoms with van der Waals surface area (Å²) >= 11 is 0. The molecule has 0 spiro atoms. The minimum Gasteiger partial charge on any atom is -0.465 e. The van der Waals surface area contributed by atoms with E-state index in [9.17, 15) is 10.2 Å². The number of benzene rings is 1. The van der Waals surface area contributed by atoms with Gasteiger partial charge < -0.3 is 24.8 Å². The Kier molecular flexibility index (Phi) is 10.9. The molecule has 5 heteroatoms. The van der Waals surface area contributed by atoms with E-state index in [1.54, 1.807) is 12.1 Å². The van der Waals surface area contributed by atoms with E-state index in [0.29, 0.717) is 5.75 Å². The molecule has 2 rings (SSSR count). The molecule has 4 atom stereocenters. The molecule has 1 aliphatic heterocycles. The molecule has 0 bridgehead atoms. The van der Waals surface area contributed by atoms with Crippen LogP contribution in [0.2, 0.25) is 0 Å². The lowest BCUT2D eigenvalue weighted by atomic mass is 10.0. The Labute approximate surface area is 127 Å². The van der Waals surface area contributed by atoms with Gasteiger partial charge in [0.15, 0.2) is 0 Å². The lowest BCUT2D eigenvalue weighted by Crippen LogP contribution is -2.51. The Bertz CT molecular complexity index is 344. The van der Waals surface area contributed by atoms with Gasteiger partial charge >= 0.3 is 0 Å². The number of ether oxygens (including phenoxy) is 2. The highest BCUT2D eigenvalue weighted by Crippen LogP contribution is 2.23. The van der Waals surface area contributed by atoms with Gasteiger partial charge in [-0.05, 0) is 12.1 Å². The van der Waals surface area contributed by atoms with Crippen molar-refractivity contribution in [2.24, 2.45) is 0 Å². The number of rotatable bonds is 3. The number of aliphatic hydroxyl groups is 3. The molecule has 0 amide bonds. The summed E-state index contributed by atoms with van der Waals surface area (Å²) in [7, 11) is 0. The Hall–Kier alpha value is -1.14. The van der Waals surface area contributed by atoms with Crippen molar-refractivity contribution in [3.05, 3.63) is 30.3 Å². The minimum atomic E-state index is -1.07. The highest BCUT2D eigenvalue weighted by molar-refractivity contribution is 5.21. The lowest BCUT2D eigenvalue weighted by Gasteiger charge is -2.36. The van der Waals surface area contributed by atoms with E-state index in [2.05, 4.69) is 0 Å². The van der Waals surface area contributed by atoms with Crippen molar-refractivity contribution in [2.45, 2.75) is 58.7 Å². The van der Waals surface area contributed by atoms with Crippen molar-refractivity contribution in [3.63, 3.8) is 0 Å². The van der Waals surface area contributed by atoms with Crippen LogP contribution in [0.4, 0.5) is 0 Å². The van der Waals surface area contributed by atoms with E-state index >= 15 is 0 Å². The molecule has 5 nitrogen and oxygen atoms in total. The number of para-hydroxylation sites is 1. The maximum absolute atomic E-state index is 9.61. The molecule has 0 saturated carbocycles. The maximum atomic E-state index is 9.61. The standard InChI is InChI=1S/C12H16O5.2C2H6/c13-7-10-12(15)9(14)6-11(17-10)16-8-4-2-1-3-5-8;2*1-2/h1-5,9-15H,6-7H2;2*1-2H3. The molecule has 0 radical (unpaired) electrons. The van der Waals surface area contributed by atoms with Crippen molar-refractivity contribution in [1.29, 1.82) is 0 Å². The molecule has 1 saturated heterocycles. The Morgan fingerprint density at radius 1 is 1.10 bits per heavy atom. The molecule has 122 valence electrons. The van der Waals surface area contributed by atoms with Gasteiger partial charge in [0.2, 0.25) is 6.29 Å². The average Bonchev–Trinajstić information content (AvgIpc) is 2.55. The molecule has 21 heavy (non-hydrogen) atoms. The summed E-state index contributed by atoms with van der Waals surface area (Å²) in [4.78, 5) is 0. The van der Waals surface area contributed by atoms with E-state index in [1.165, 1.54) is 0 Å². The average molecular weight is 300 g/mol. The van der Waals surface area contributed by atoms with Crippen LogP contribution < -0.4 is 4.74 Å². The molecule has 1 fully saturated rings. The van der Waals surface area contributed by atoms with Crippen molar-refractivity contribution < 1.29 is 24.8 Å². The topological polar surface area (TPSA) is 79.2 Å². The molecular formula is C16H28O5. The summed E-state index contributed by atoms with van der Waals surface area (Å²) < 4.78 is 10.8. The second kappa shape index (κ2) is 11.5. The number of aliphatic hydroxyl groups excluding tert-OH is 3. The molecule has 4 unspecified atom stereocenters. The second-order valence-electron chi connectivity index (χ2n) is 4.01. The fraction of sp³-hybridized carbons (Fsp3) is 0.625. The summed E-state index contributed by atoms with van der Waals surface area (Å²) in [5, 5.41) is 28.1. The molecular weight excluding hydrogens is 272 g/mol. The van der Waals surface area contributed by atoms with Crippen LogP contribution in [-0.2, 0) is 4.74 Å². The third kappa shape index (κ3) is 6.44. The quantitative estimate of drug-likeness (QED) is 0.795. The van der Waals surface area contributed by atoms with Crippen LogP contribution >= 0.6 is 0 Å². The summed E-state index contributed by atoms with van der Waals surface area (Å²) in [6.45, 7) is 7.65. The van der Waals surface area contributed by atoms with E-state index < -0.39 is 24.6 Å². The molecule has 1 heterocycles. The van der Waals surface area contributed by atoms with Gasteiger partial charge in [-0.2, -0.15) is 0 Å². The van der Waals surface area contributed by atoms with Crippen LogP contribution in [0.1, 0.15) is 34.1 Å². The zero-order valence-electron chi connectivity index (χ0n) is 13.3. The third-order valence-electron chi connectivity index (χ3n) is 2.73.